The van der Waals surface area contributed by atoms with Crippen LogP contribution in [0.25, 0.3) is 0 Å². The lowest BCUT2D eigenvalue weighted by Crippen LogP contribution is -2.43. The summed E-state index contributed by atoms with van der Waals surface area (Å²) in [6.45, 7) is 6.57. The summed E-state index contributed by atoms with van der Waals surface area (Å²) in [5, 5.41) is 0. The highest BCUT2D eigenvalue weighted by molar-refractivity contribution is 6.02. The van der Waals surface area contributed by atoms with E-state index in [1.807, 2.05) is 25.1 Å². The topological polar surface area (TPSA) is 38.8 Å². The summed E-state index contributed by atoms with van der Waals surface area (Å²) >= 11 is 0. The van der Waals surface area contributed by atoms with E-state index in [0.717, 1.165) is 49.7 Å². The number of benzene rings is 1. The van der Waals surface area contributed by atoms with Crippen LogP contribution in [-0.4, -0.2) is 50.1 Å². The molecule has 0 bridgehead atoms. The number of ketones is 1. The van der Waals surface area contributed by atoms with Crippen LogP contribution in [-0.2, 0) is 4.74 Å². The molecule has 3 rings (SSSR count). The van der Waals surface area contributed by atoms with E-state index in [1.165, 1.54) is 0 Å². The Morgan fingerprint density at radius 1 is 1.32 bits per heavy atom. The summed E-state index contributed by atoms with van der Waals surface area (Å²) in [6.07, 6.45) is 0. The molecule has 102 valence electrons. The van der Waals surface area contributed by atoms with Crippen molar-refractivity contribution in [3.63, 3.8) is 0 Å². The Bertz CT molecular complexity index is 480. The minimum atomic E-state index is -0.0494. The van der Waals surface area contributed by atoms with Crippen molar-refractivity contribution < 1.29 is 14.3 Å². The number of carbonyl (C=O) groups is 1. The first kappa shape index (κ1) is 12.6. The molecular weight excluding hydrogens is 242 g/mol. The minimum absolute atomic E-state index is 0.0494. The number of aryl methyl sites for hydroxylation is 1. The first-order valence-electron chi connectivity index (χ1n) is 6.82. The summed E-state index contributed by atoms with van der Waals surface area (Å²) in [7, 11) is 0. The highest BCUT2D eigenvalue weighted by atomic mass is 16.5. The fraction of sp³-hybridized carbons (Fsp3) is 0.533. The van der Waals surface area contributed by atoms with Crippen LogP contribution in [0.1, 0.15) is 15.9 Å². The van der Waals surface area contributed by atoms with Gasteiger partial charge < -0.3 is 9.47 Å². The van der Waals surface area contributed by atoms with Gasteiger partial charge in [-0.15, -0.1) is 0 Å². The van der Waals surface area contributed by atoms with Crippen LogP contribution in [0.4, 0.5) is 0 Å². The van der Waals surface area contributed by atoms with Crippen molar-refractivity contribution in [2.75, 3.05) is 39.5 Å². The molecule has 2 heterocycles. The molecule has 1 atom stereocenters. The molecule has 0 N–H and O–H groups in total. The first-order chi connectivity index (χ1) is 9.25. The number of fused-ring (bicyclic) bond motifs is 1. The molecule has 0 saturated carbocycles. The summed E-state index contributed by atoms with van der Waals surface area (Å²) in [5.41, 5.74) is 1.78. The van der Waals surface area contributed by atoms with E-state index in [0.29, 0.717) is 6.61 Å². The van der Waals surface area contributed by atoms with Crippen molar-refractivity contribution in [1.29, 1.82) is 0 Å². The lowest BCUT2D eigenvalue weighted by Gasteiger charge is -2.32. The van der Waals surface area contributed by atoms with E-state index < -0.39 is 0 Å². The van der Waals surface area contributed by atoms with Gasteiger partial charge in [0.05, 0.1) is 31.3 Å². The van der Waals surface area contributed by atoms with Gasteiger partial charge in [-0.3, -0.25) is 9.69 Å². The van der Waals surface area contributed by atoms with Crippen LogP contribution in [0, 0.1) is 12.8 Å². The number of hydrogen-bond acceptors (Lipinski definition) is 4. The monoisotopic (exact) mass is 261 g/mol. The standard InChI is InChI=1S/C15H19NO3/c1-11-3-2-4-13-14(11)15(17)12(10-19-13)9-16-5-7-18-8-6-16/h2-4,12H,5-10H2,1H3/t12-/m0/s1. The number of Topliss-reactive ketones (excluding diaryl/α,β-unsaturated/α-hetero) is 1. The molecule has 0 amide bonds. The van der Waals surface area contributed by atoms with E-state index in [4.69, 9.17) is 9.47 Å². The van der Waals surface area contributed by atoms with Gasteiger partial charge in [0.2, 0.25) is 0 Å². The highest BCUT2D eigenvalue weighted by Gasteiger charge is 2.31. The van der Waals surface area contributed by atoms with E-state index in [1.54, 1.807) is 0 Å². The molecule has 4 heteroatoms. The van der Waals surface area contributed by atoms with Gasteiger partial charge >= 0.3 is 0 Å². The van der Waals surface area contributed by atoms with Crippen molar-refractivity contribution >= 4 is 5.78 Å². The number of nitrogens with zero attached hydrogens (tertiary/aromatic N) is 1. The molecule has 1 saturated heterocycles. The molecule has 0 unspecified atom stereocenters. The molecule has 1 aromatic carbocycles. The average molecular weight is 261 g/mol. The molecule has 2 aliphatic heterocycles. The molecule has 0 spiro atoms. The van der Waals surface area contributed by atoms with Gasteiger partial charge in [0.25, 0.3) is 0 Å². The lowest BCUT2D eigenvalue weighted by molar-refractivity contribution is 0.0250. The van der Waals surface area contributed by atoms with Crippen LogP contribution in [0.3, 0.4) is 0 Å². The van der Waals surface area contributed by atoms with Gasteiger partial charge in [-0.1, -0.05) is 12.1 Å². The number of rotatable bonds is 2. The van der Waals surface area contributed by atoms with Crippen molar-refractivity contribution in [1.82, 2.24) is 4.90 Å². The Morgan fingerprint density at radius 2 is 2.11 bits per heavy atom. The maximum Gasteiger partial charge on any atom is 0.174 e. The molecule has 1 aromatic rings. The Labute approximate surface area is 113 Å². The number of morpholine rings is 1. The van der Waals surface area contributed by atoms with E-state index in [2.05, 4.69) is 4.90 Å². The number of ether oxygens (including phenoxy) is 2. The normalized spacial score (nSPS) is 23.8. The Balaban J connectivity index is 1.75. The molecule has 0 radical (unpaired) electrons. The predicted molar refractivity (Wildman–Crippen MR) is 71.8 cm³/mol. The van der Waals surface area contributed by atoms with Crippen LogP contribution in [0.2, 0.25) is 0 Å². The third kappa shape index (κ3) is 2.51. The van der Waals surface area contributed by atoms with E-state index in [9.17, 15) is 4.79 Å². The van der Waals surface area contributed by atoms with E-state index in [-0.39, 0.29) is 11.7 Å². The van der Waals surface area contributed by atoms with Gasteiger partial charge in [-0.25, -0.2) is 0 Å². The quantitative estimate of drug-likeness (QED) is 0.809. The number of carbonyl (C=O) groups excluding carboxylic acids is 1. The fourth-order valence-electron chi connectivity index (χ4n) is 2.78. The smallest absolute Gasteiger partial charge is 0.174 e. The zero-order valence-electron chi connectivity index (χ0n) is 11.2. The van der Waals surface area contributed by atoms with Crippen LogP contribution < -0.4 is 4.74 Å². The average Bonchev–Trinajstić information content (AvgIpc) is 2.43. The van der Waals surface area contributed by atoms with Gasteiger partial charge in [0, 0.05) is 19.6 Å². The van der Waals surface area contributed by atoms with Crippen molar-refractivity contribution in [2.45, 2.75) is 6.92 Å². The summed E-state index contributed by atoms with van der Waals surface area (Å²) < 4.78 is 11.1. The summed E-state index contributed by atoms with van der Waals surface area (Å²) in [5.74, 6) is 0.917. The fourth-order valence-corrected chi connectivity index (χ4v) is 2.78. The second-order valence-electron chi connectivity index (χ2n) is 5.23. The van der Waals surface area contributed by atoms with Gasteiger partial charge in [0.1, 0.15) is 5.75 Å². The van der Waals surface area contributed by atoms with Crippen molar-refractivity contribution in [3.8, 4) is 5.75 Å². The maximum absolute atomic E-state index is 12.6. The lowest BCUT2D eigenvalue weighted by atomic mass is 9.91. The van der Waals surface area contributed by atoms with Gasteiger partial charge in [0.15, 0.2) is 5.78 Å². The predicted octanol–water partition coefficient (Wildman–Crippen LogP) is 1.52. The first-order valence-corrected chi connectivity index (χ1v) is 6.82. The van der Waals surface area contributed by atoms with Crippen LogP contribution in [0.5, 0.6) is 5.75 Å². The largest absolute Gasteiger partial charge is 0.492 e. The molecule has 4 nitrogen and oxygen atoms in total. The zero-order valence-corrected chi connectivity index (χ0v) is 11.2. The summed E-state index contributed by atoms with van der Waals surface area (Å²) in [4.78, 5) is 14.9. The molecule has 1 fully saturated rings. The second kappa shape index (κ2) is 5.31. The second-order valence-corrected chi connectivity index (χ2v) is 5.23. The zero-order chi connectivity index (χ0) is 13.2. The number of hydrogen-bond donors (Lipinski definition) is 0. The van der Waals surface area contributed by atoms with Crippen LogP contribution in [0.15, 0.2) is 18.2 Å². The van der Waals surface area contributed by atoms with Gasteiger partial charge in [-0.2, -0.15) is 0 Å². The molecule has 2 aliphatic rings. The van der Waals surface area contributed by atoms with Gasteiger partial charge in [-0.05, 0) is 18.6 Å². The maximum atomic E-state index is 12.6. The summed E-state index contributed by atoms with van der Waals surface area (Å²) in [6, 6.07) is 5.78. The Morgan fingerprint density at radius 3 is 2.89 bits per heavy atom. The SMILES string of the molecule is Cc1cccc2c1C(=O)[C@@H](CN1CCOCC1)CO2. The molecule has 19 heavy (non-hydrogen) atoms. The van der Waals surface area contributed by atoms with Crippen LogP contribution >= 0.6 is 0 Å². The highest BCUT2D eigenvalue weighted by Crippen LogP contribution is 2.30. The van der Waals surface area contributed by atoms with Crippen molar-refractivity contribution in [3.05, 3.63) is 29.3 Å². The van der Waals surface area contributed by atoms with E-state index >= 15 is 0 Å². The Kier molecular flexibility index (Phi) is 3.53. The van der Waals surface area contributed by atoms with Crippen molar-refractivity contribution in [2.24, 2.45) is 5.92 Å². The third-order valence-corrected chi connectivity index (χ3v) is 3.87. The Hall–Kier alpha value is -1.39. The third-order valence-electron chi connectivity index (χ3n) is 3.87. The minimum Gasteiger partial charge on any atom is -0.492 e. The molecule has 0 aliphatic carbocycles. The molecular formula is C15H19NO3. The molecule has 0 aromatic heterocycles.